The average Bonchev–Trinajstić information content (AvgIpc) is 2.93. The monoisotopic (exact) mass is 556 g/mol. The van der Waals surface area contributed by atoms with Gasteiger partial charge >= 0.3 is 0 Å². The predicted octanol–water partition coefficient (Wildman–Crippen LogP) is 3.46. The van der Waals surface area contributed by atoms with Gasteiger partial charge in [-0.3, -0.25) is 9.59 Å². The number of sulfonamides is 1. The molecule has 9 nitrogen and oxygen atoms in total. The number of rotatable bonds is 10. The zero-order valence-corrected chi connectivity index (χ0v) is 22.8. The number of carbonyl (C=O) groups is 2. The molecule has 0 aliphatic heterocycles. The molecule has 0 spiro atoms. The third kappa shape index (κ3) is 7.37. The molecule has 0 radical (unpaired) electrons. The highest BCUT2D eigenvalue weighted by Crippen LogP contribution is 2.27. The van der Waals surface area contributed by atoms with Gasteiger partial charge in [-0.15, -0.1) is 0 Å². The number of pyridine rings is 1. The second-order valence-electron chi connectivity index (χ2n) is 9.75. The van der Waals surface area contributed by atoms with E-state index in [1.54, 1.807) is 37.4 Å². The van der Waals surface area contributed by atoms with Gasteiger partial charge in [-0.2, -0.15) is 0 Å². The Morgan fingerprint density at radius 3 is 2.46 bits per heavy atom. The molecule has 11 heteroatoms. The first-order valence-corrected chi connectivity index (χ1v) is 14.4. The Bertz CT molecular complexity index is 1420. The van der Waals surface area contributed by atoms with E-state index >= 15 is 0 Å². The maximum atomic E-state index is 13.2. The Hall–Kier alpha value is -3.41. The Morgan fingerprint density at radius 2 is 1.77 bits per heavy atom. The molecule has 3 N–H and O–H groups in total. The number of nitrogens with zero attached hydrogens (tertiary/aromatic N) is 1. The van der Waals surface area contributed by atoms with E-state index in [4.69, 9.17) is 4.74 Å². The minimum Gasteiger partial charge on any atom is -0.383 e. The summed E-state index contributed by atoms with van der Waals surface area (Å²) in [5.74, 6) is -0.948. The van der Waals surface area contributed by atoms with Crippen LogP contribution in [0.15, 0.2) is 59.5 Å². The highest BCUT2D eigenvalue weighted by molar-refractivity contribution is 7.89. The fraction of sp³-hybridized carbons (Fsp3) is 0.393. The van der Waals surface area contributed by atoms with Crippen molar-refractivity contribution in [2.75, 3.05) is 20.3 Å². The smallest absolute Gasteiger partial charge is 0.269 e. The molecule has 208 valence electrons. The summed E-state index contributed by atoms with van der Waals surface area (Å²) in [6.45, 7) is 2.60. The molecule has 4 rings (SSSR count). The van der Waals surface area contributed by atoms with Gasteiger partial charge in [0.15, 0.2) is 0 Å². The van der Waals surface area contributed by atoms with Gasteiger partial charge in [0, 0.05) is 31.0 Å². The molecule has 1 aromatic heterocycles. The summed E-state index contributed by atoms with van der Waals surface area (Å²) in [5.41, 5.74) is 1.56. The second-order valence-corrected chi connectivity index (χ2v) is 11.5. The van der Waals surface area contributed by atoms with Gasteiger partial charge in [0.1, 0.15) is 11.5 Å². The van der Waals surface area contributed by atoms with Crippen molar-refractivity contribution in [3.8, 4) is 0 Å². The van der Waals surface area contributed by atoms with Crippen molar-refractivity contribution < 1.29 is 27.1 Å². The van der Waals surface area contributed by atoms with E-state index in [9.17, 15) is 22.4 Å². The molecule has 1 atom stereocenters. The second kappa shape index (κ2) is 12.6. The van der Waals surface area contributed by atoms with E-state index in [0.29, 0.717) is 49.7 Å². The topological polar surface area (TPSA) is 126 Å². The number of methoxy groups -OCH3 is 1. The van der Waals surface area contributed by atoms with Crippen LogP contribution in [0.25, 0.3) is 10.9 Å². The van der Waals surface area contributed by atoms with Crippen molar-refractivity contribution >= 4 is 32.7 Å². The number of fused-ring (bicyclic) bond motifs is 1. The Labute approximate surface area is 227 Å². The van der Waals surface area contributed by atoms with Crippen molar-refractivity contribution in [2.45, 2.75) is 49.6 Å². The number of hydrogen-bond donors (Lipinski definition) is 3. The van der Waals surface area contributed by atoms with Crippen molar-refractivity contribution in [1.29, 1.82) is 0 Å². The van der Waals surface area contributed by atoms with Crippen LogP contribution in [-0.2, 0) is 19.6 Å². The highest BCUT2D eigenvalue weighted by atomic mass is 32.2. The van der Waals surface area contributed by atoms with Gasteiger partial charge in [0.05, 0.1) is 23.1 Å². The van der Waals surface area contributed by atoms with Crippen molar-refractivity contribution in [3.05, 3.63) is 71.7 Å². The van der Waals surface area contributed by atoms with Gasteiger partial charge < -0.3 is 15.4 Å². The zero-order chi connectivity index (χ0) is 28.0. The number of benzene rings is 2. The van der Waals surface area contributed by atoms with Crippen LogP contribution in [0, 0.1) is 11.7 Å². The summed E-state index contributed by atoms with van der Waals surface area (Å²) in [7, 11) is -2.24. The summed E-state index contributed by atoms with van der Waals surface area (Å²) >= 11 is 0. The molecule has 1 unspecified atom stereocenters. The first kappa shape index (κ1) is 28.6. The molecule has 2 amide bonds. The minimum absolute atomic E-state index is 0.0816. The van der Waals surface area contributed by atoms with Crippen LogP contribution in [0.1, 0.15) is 54.7 Å². The lowest BCUT2D eigenvalue weighted by molar-refractivity contribution is -0.126. The molecule has 1 aliphatic carbocycles. The number of amides is 2. The van der Waals surface area contributed by atoms with E-state index < -0.39 is 10.0 Å². The van der Waals surface area contributed by atoms with Crippen LogP contribution < -0.4 is 15.4 Å². The van der Waals surface area contributed by atoms with Crippen molar-refractivity contribution in [1.82, 2.24) is 20.3 Å². The SMILES string of the molecule is COCCNC(=O)c1ccc2cc(S(=O)(=O)NC3CCC(C(=O)NC(C)c4ccc(F)cc4)CC3)ccc2n1. The van der Waals surface area contributed by atoms with Crippen LogP contribution >= 0.6 is 0 Å². The molecule has 1 heterocycles. The standard InChI is InChI=1S/C28H33FN4O5S/c1-18(19-3-8-22(29)9-4-19)31-27(34)20-5-10-23(11-6-20)33-39(36,37)24-12-14-25-21(17-24)7-13-26(32-25)28(35)30-15-16-38-2/h3-4,7-9,12-14,17-18,20,23,33H,5-6,10-11,15-16H2,1-2H3,(H,30,35)(H,31,34). The van der Waals surface area contributed by atoms with Gasteiger partial charge in [-0.1, -0.05) is 18.2 Å². The lowest BCUT2D eigenvalue weighted by atomic mass is 9.85. The fourth-order valence-corrected chi connectivity index (χ4v) is 6.02. The van der Waals surface area contributed by atoms with Gasteiger partial charge in [0.25, 0.3) is 5.91 Å². The Kier molecular flexibility index (Phi) is 9.26. The Balaban J connectivity index is 1.32. The molecule has 2 aromatic carbocycles. The summed E-state index contributed by atoms with van der Waals surface area (Å²) in [6, 6.07) is 13.3. The minimum atomic E-state index is -3.79. The number of nitrogens with one attached hydrogen (secondary N) is 3. The van der Waals surface area contributed by atoms with Crippen LogP contribution in [0.4, 0.5) is 4.39 Å². The summed E-state index contributed by atoms with van der Waals surface area (Å²) in [5, 5.41) is 6.28. The van der Waals surface area contributed by atoms with E-state index in [1.165, 1.54) is 24.3 Å². The van der Waals surface area contributed by atoms with E-state index in [-0.39, 0.29) is 46.2 Å². The fourth-order valence-electron chi connectivity index (χ4n) is 4.68. The van der Waals surface area contributed by atoms with E-state index in [2.05, 4.69) is 20.3 Å². The van der Waals surface area contributed by atoms with Crippen LogP contribution in [-0.4, -0.2) is 51.5 Å². The first-order valence-electron chi connectivity index (χ1n) is 12.9. The number of aromatic nitrogens is 1. The summed E-state index contributed by atoms with van der Waals surface area (Å²) < 4.78 is 47.0. The molecule has 3 aromatic rings. The maximum Gasteiger partial charge on any atom is 0.269 e. The van der Waals surface area contributed by atoms with Gasteiger partial charge in [0.2, 0.25) is 15.9 Å². The lowest BCUT2D eigenvalue weighted by Crippen LogP contribution is -2.41. The largest absolute Gasteiger partial charge is 0.383 e. The predicted molar refractivity (Wildman–Crippen MR) is 145 cm³/mol. The third-order valence-electron chi connectivity index (χ3n) is 6.94. The third-order valence-corrected chi connectivity index (χ3v) is 8.46. The first-order chi connectivity index (χ1) is 18.7. The van der Waals surface area contributed by atoms with E-state index in [1.807, 2.05) is 6.92 Å². The summed E-state index contributed by atoms with van der Waals surface area (Å²) in [6.07, 6.45) is 2.20. The quantitative estimate of drug-likeness (QED) is 0.328. The number of hydrogen-bond acceptors (Lipinski definition) is 6. The van der Waals surface area contributed by atoms with Crippen LogP contribution in [0.3, 0.4) is 0 Å². The van der Waals surface area contributed by atoms with Crippen molar-refractivity contribution in [2.24, 2.45) is 5.92 Å². The van der Waals surface area contributed by atoms with Crippen molar-refractivity contribution in [3.63, 3.8) is 0 Å². The molecular formula is C28H33FN4O5S. The number of carbonyl (C=O) groups excluding carboxylic acids is 2. The lowest BCUT2D eigenvalue weighted by Gasteiger charge is -2.29. The highest BCUT2D eigenvalue weighted by Gasteiger charge is 2.30. The average molecular weight is 557 g/mol. The van der Waals surface area contributed by atoms with Gasteiger partial charge in [-0.25, -0.2) is 22.5 Å². The molecule has 1 aliphatic rings. The Morgan fingerprint density at radius 1 is 1.05 bits per heavy atom. The molecule has 0 saturated heterocycles. The maximum absolute atomic E-state index is 13.2. The molecule has 1 saturated carbocycles. The molecular weight excluding hydrogens is 523 g/mol. The molecule has 0 bridgehead atoms. The van der Waals surface area contributed by atoms with Crippen LogP contribution in [0.2, 0.25) is 0 Å². The molecule has 39 heavy (non-hydrogen) atoms. The summed E-state index contributed by atoms with van der Waals surface area (Å²) in [4.78, 5) is 29.4. The van der Waals surface area contributed by atoms with Gasteiger partial charge in [-0.05, 0) is 74.6 Å². The van der Waals surface area contributed by atoms with Crippen LogP contribution in [0.5, 0.6) is 0 Å². The number of ether oxygens (including phenoxy) is 1. The normalized spacial score (nSPS) is 18.4. The number of halogens is 1. The zero-order valence-electron chi connectivity index (χ0n) is 21.9. The van der Waals surface area contributed by atoms with E-state index in [0.717, 1.165) is 5.56 Å². The molecule has 1 fully saturated rings.